The smallest absolute Gasteiger partial charge is 0.442 e. The number of hydrogen-bond donors (Lipinski definition) is 0. The molecule has 0 radical (unpaired) electrons. The first kappa shape index (κ1) is 40.0. The summed E-state index contributed by atoms with van der Waals surface area (Å²) in [5.74, 6) is 1.93. The summed E-state index contributed by atoms with van der Waals surface area (Å²) in [5, 5.41) is 0. The molecule has 5 nitrogen and oxygen atoms in total. The van der Waals surface area contributed by atoms with Crippen molar-refractivity contribution >= 4 is 48.9 Å². The van der Waals surface area contributed by atoms with Crippen LogP contribution in [0.3, 0.4) is 0 Å². The number of imidazole rings is 2. The van der Waals surface area contributed by atoms with Crippen molar-refractivity contribution in [3.05, 3.63) is 34.4 Å². The van der Waals surface area contributed by atoms with Gasteiger partial charge in [0.2, 0.25) is 0 Å². The molecule has 1 aliphatic heterocycles. The molecule has 0 amide bonds. The Labute approximate surface area is 288 Å². The maximum atomic E-state index is 4.94. The second kappa shape index (κ2) is 14.2. The van der Waals surface area contributed by atoms with Crippen molar-refractivity contribution in [2.45, 2.75) is 170 Å². The minimum atomic E-state index is 0. The topological polar surface area (TPSA) is 63.2 Å². The molecule has 1 fully saturated rings. The van der Waals surface area contributed by atoms with Crippen LogP contribution in [0.15, 0.2) is 0 Å². The Bertz CT molecular complexity index is 882. The van der Waals surface area contributed by atoms with Gasteiger partial charge in [0.05, 0.1) is 0 Å². The summed E-state index contributed by atoms with van der Waals surface area (Å²) in [7, 11) is 0. The van der Waals surface area contributed by atoms with Gasteiger partial charge >= 0.3 is 48.9 Å². The van der Waals surface area contributed by atoms with E-state index >= 15 is 0 Å². The Morgan fingerprint density at radius 2 is 0.725 bits per heavy atom. The fourth-order valence-electron chi connectivity index (χ4n) is 3.96. The van der Waals surface area contributed by atoms with Gasteiger partial charge in [0.1, 0.15) is 0 Å². The van der Waals surface area contributed by atoms with Gasteiger partial charge in [-0.3, -0.25) is 0 Å². The molecule has 3 heterocycles. The maximum absolute atomic E-state index is 4.94. The Morgan fingerprint density at radius 3 is 0.850 bits per heavy atom. The zero-order chi connectivity index (χ0) is 30.8. The molecule has 2 aromatic heterocycles. The first-order valence-corrected chi connectivity index (χ1v) is 14.9. The quantitative estimate of drug-likeness (QED) is 0.262. The maximum Gasteiger partial charge on any atom is 2.00 e. The molecule has 3 rings (SSSR count). The summed E-state index contributed by atoms with van der Waals surface area (Å²) in [4.78, 5) is 19.2. The van der Waals surface area contributed by atoms with Crippen molar-refractivity contribution in [2.75, 3.05) is 13.2 Å². The average Bonchev–Trinajstić information content (AvgIpc) is 3.45. The molecule has 0 aromatic carbocycles. The second-order valence-corrected chi connectivity index (χ2v) is 17.3. The van der Waals surface area contributed by atoms with Gasteiger partial charge in [-0.05, 0) is 45.3 Å². The van der Waals surface area contributed by atoms with Crippen LogP contribution in [0.25, 0.3) is 0 Å². The van der Waals surface area contributed by atoms with Gasteiger partial charge in [-0.15, -0.1) is 0 Å². The molecule has 1 aliphatic rings. The second-order valence-electron chi connectivity index (χ2n) is 17.3. The molecular formula is C34H62BaN4O. The molecule has 0 aliphatic carbocycles. The first-order chi connectivity index (χ1) is 17.2. The standard InChI is InChI=1S/2C15H27N2.C4H8O.Ba/c2*1-13(2,3)10-11(14(4,5)6)17-12(16-10)15(7,8)9;1-2-4-5-3-1;/h2*1-9H3;1-4H2;/q2*-1;;+2. The minimum Gasteiger partial charge on any atom is -0.442 e. The predicted octanol–water partition coefficient (Wildman–Crippen LogP) is 8.28. The van der Waals surface area contributed by atoms with E-state index in [-0.39, 0.29) is 81.4 Å². The third-order valence-corrected chi connectivity index (χ3v) is 6.33. The van der Waals surface area contributed by atoms with E-state index in [9.17, 15) is 0 Å². The molecule has 0 spiro atoms. The average molecular weight is 680 g/mol. The van der Waals surface area contributed by atoms with Gasteiger partial charge in [-0.2, -0.15) is 0 Å². The van der Waals surface area contributed by atoms with Gasteiger partial charge in [0, 0.05) is 13.2 Å². The minimum absolute atomic E-state index is 0. The third kappa shape index (κ3) is 12.3. The zero-order valence-corrected chi connectivity index (χ0v) is 34.2. The molecule has 1 saturated heterocycles. The number of hydrogen-bond acceptors (Lipinski definition) is 3. The van der Waals surface area contributed by atoms with E-state index < -0.39 is 0 Å². The van der Waals surface area contributed by atoms with E-state index in [4.69, 9.17) is 24.7 Å². The molecule has 0 saturated carbocycles. The van der Waals surface area contributed by atoms with Crippen molar-refractivity contribution in [3.63, 3.8) is 0 Å². The largest absolute Gasteiger partial charge is 2.00 e. The summed E-state index contributed by atoms with van der Waals surface area (Å²) in [6.07, 6.45) is 2.56. The van der Waals surface area contributed by atoms with E-state index in [2.05, 4.69) is 125 Å². The van der Waals surface area contributed by atoms with Crippen LogP contribution in [0.2, 0.25) is 0 Å². The van der Waals surface area contributed by atoms with Crippen molar-refractivity contribution < 1.29 is 4.74 Å². The van der Waals surface area contributed by atoms with Crippen LogP contribution in [0, 0.1) is 0 Å². The van der Waals surface area contributed by atoms with Gasteiger partial charge in [-0.25, -0.2) is 0 Å². The zero-order valence-electron chi connectivity index (χ0n) is 29.7. The van der Waals surface area contributed by atoms with Crippen LogP contribution in [0.1, 0.15) is 172 Å². The SMILES string of the molecule is C1CCOC1.CC(C)(C)c1nc(C(C)(C)C)c(C(C)(C)C)[n-]1.CC(C)(C)c1nc(C(C)(C)C)c(C(C)(C)C)[n-]1.[Ba+2]. The first-order valence-electron chi connectivity index (χ1n) is 14.9. The van der Waals surface area contributed by atoms with Gasteiger partial charge in [0.25, 0.3) is 0 Å². The van der Waals surface area contributed by atoms with Crippen LogP contribution in [-0.4, -0.2) is 72.1 Å². The number of aromatic nitrogens is 4. The van der Waals surface area contributed by atoms with Gasteiger partial charge in [0.15, 0.2) is 0 Å². The van der Waals surface area contributed by atoms with Crippen LogP contribution < -0.4 is 9.97 Å². The fraction of sp³-hybridized carbons (Fsp3) is 0.824. The number of ether oxygens (including phenoxy) is 1. The fourth-order valence-corrected chi connectivity index (χ4v) is 3.96. The van der Waals surface area contributed by atoms with Crippen molar-refractivity contribution in [1.82, 2.24) is 19.9 Å². The van der Waals surface area contributed by atoms with E-state index in [1.165, 1.54) is 12.8 Å². The van der Waals surface area contributed by atoms with E-state index in [1.54, 1.807) is 0 Å². The number of nitrogens with zero attached hydrogens (tertiary/aromatic N) is 4. The molecule has 0 bridgehead atoms. The summed E-state index contributed by atoms with van der Waals surface area (Å²) in [5.41, 5.74) is 4.85. The molecule has 40 heavy (non-hydrogen) atoms. The van der Waals surface area contributed by atoms with Crippen LogP contribution in [0.4, 0.5) is 0 Å². The molecule has 226 valence electrons. The Morgan fingerprint density at radius 1 is 0.450 bits per heavy atom. The Hall–Kier alpha value is -0.0486. The van der Waals surface area contributed by atoms with Crippen molar-refractivity contribution in [2.24, 2.45) is 0 Å². The number of rotatable bonds is 0. The van der Waals surface area contributed by atoms with Crippen molar-refractivity contribution in [3.8, 4) is 0 Å². The van der Waals surface area contributed by atoms with Crippen LogP contribution in [0.5, 0.6) is 0 Å². The van der Waals surface area contributed by atoms with Gasteiger partial charge in [-0.1, -0.05) is 159 Å². The molecule has 0 atom stereocenters. The molecule has 0 N–H and O–H groups in total. The summed E-state index contributed by atoms with van der Waals surface area (Å²) < 4.78 is 4.94. The van der Waals surface area contributed by atoms with Crippen LogP contribution in [-0.2, 0) is 37.2 Å². The third-order valence-electron chi connectivity index (χ3n) is 6.33. The summed E-state index contributed by atoms with van der Waals surface area (Å²) in [6.45, 7) is 41.5. The molecule has 0 unspecified atom stereocenters. The van der Waals surface area contributed by atoms with Gasteiger partial charge < -0.3 is 24.7 Å². The molecule has 6 heteroatoms. The van der Waals surface area contributed by atoms with E-state index in [0.717, 1.165) is 47.6 Å². The van der Waals surface area contributed by atoms with Crippen molar-refractivity contribution in [1.29, 1.82) is 0 Å². The summed E-state index contributed by atoms with van der Waals surface area (Å²) in [6, 6.07) is 0. The van der Waals surface area contributed by atoms with E-state index in [1.807, 2.05) is 0 Å². The molecule has 2 aromatic rings. The molecular weight excluding hydrogens is 618 g/mol. The normalized spacial score (nSPS) is 15.1. The summed E-state index contributed by atoms with van der Waals surface area (Å²) >= 11 is 0. The predicted molar refractivity (Wildman–Crippen MR) is 173 cm³/mol. The van der Waals surface area contributed by atoms with E-state index in [0.29, 0.717) is 0 Å². The Kier molecular flexibility index (Phi) is 14.1. The monoisotopic (exact) mass is 680 g/mol. The Balaban J connectivity index is 0.000000632. The van der Waals surface area contributed by atoms with Crippen LogP contribution >= 0.6 is 0 Å².